The summed E-state index contributed by atoms with van der Waals surface area (Å²) in [6.45, 7) is 0.239. The van der Waals surface area contributed by atoms with Crippen molar-refractivity contribution in [2.45, 2.75) is 25.3 Å². The van der Waals surface area contributed by atoms with Gasteiger partial charge in [-0.15, -0.1) is 0 Å². The molecule has 0 bridgehead atoms. The number of amides is 1. The molecule has 1 saturated heterocycles. The Morgan fingerprint density at radius 1 is 1.67 bits per heavy atom. The first-order chi connectivity index (χ1) is 7.29. The molecule has 0 aromatic heterocycles. The highest BCUT2D eigenvalue weighted by molar-refractivity contribution is 8.13. The average Bonchev–Trinajstić information content (AvgIpc) is 2.72. The van der Waals surface area contributed by atoms with Gasteiger partial charge in [0.05, 0.1) is 0 Å². The Bertz CT molecular complexity index is 280. The van der Waals surface area contributed by atoms with E-state index in [0.29, 0.717) is 6.04 Å². The number of hydrogen-bond donors (Lipinski definition) is 2. The molecule has 1 amide bonds. The van der Waals surface area contributed by atoms with Crippen LogP contribution in [0, 0.1) is 5.92 Å². The van der Waals surface area contributed by atoms with Gasteiger partial charge in [-0.05, 0) is 18.8 Å². The van der Waals surface area contributed by atoms with Crippen molar-refractivity contribution in [1.82, 2.24) is 10.6 Å². The summed E-state index contributed by atoms with van der Waals surface area (Å²) in [6, 6.07) is 0.606. The molecule has 1 aliphatic heterocycles. The van der Waals surface area contributed by atoms with Gasteiger partial charge in [-0.3, -0.25) is 9.79 Å². The van der Waals surface area contributed by atoms with Crippen LogP contribution < -0.4 is 10.6 Å². The highest BCUT2D eigenvalue weighted by atomic mass is 32.2. The summed E-state index contributed by atoms with van der Waals surface area (Å²) in [4.78, 5) is 15.3. The Morgan fingerprint density at radius 3 is 3.33 bits per heavy atom. The van der Waals surface area contributed by atoms with Gasteiger partial charge in [0.15, 0.2) is 5.17 Å². The van der Waals surface area contributed by atoms with E-state index in [1.807, 2.05) is 0 Å². The number of carbonyl (C=O) groups is 1. The van der Waals surface area contributed by atoms with Gasteiger partial charge in [-0.25, -0.2) is 0 Å². The Hall–Kier alpha value is -0.710. The molecule has 84 valence electrons. The quantitative estimate of drug-likeness (QED) is 0.726. The summed E-state index contributed by atoms with van der Waals surface area (Å²) in [6.07, 6.45) is 3.92. The number of fused-ring (bicyclic) bond motifs is 1. The molecule has 2 rings (SSSR count). The molecule has 15 heavy (non-hydrogen) atoms. The van der Waals surface area contributed by atoms with Crippen LogP contribution in [0.5, 0.6) is 0 Å². The largest absolute Gasteiger partial charge is 0.362 e. The maximum absolute atomic E-state index is 11.0. The van der Waals surface area contributed by atoms with E-state index in [1.54, 1.807) is 18.8 Å². The number of carbonyl (C=O) groups excluding carboxylic acids is 1. The minimum Gasteiger partial charge on any atom is -0.362 e. The van der Waals surface area contributed by atoms with Crippen LogP contribution in [0.4, 0.5) is 0 Å². The topological polar surface area (TPSA) is 53.5 Å². The van der Waals surface area contributed by atoms with Crippen LogP contribution in [0.2, 0.25) is 0 Å². The number of rotatable bonds is 2. The van der Waals surface area contributed by atoms with Crippen LogP contribution in [0.25, 0.3) is 0 Å². The Labute approximate surface area is 94.3 Å². The number of nitrogens with zero attached hydrogens (tertiary/aromatic N) is 1. The van der Waals surface area contributed by atoms with Crippen LogP contribution in [-0.2, 0) is 4.79 Å². The van der Waals surface area contributed by atoms with E-state index in [1.165, 1.54) is 19.3 Å². The molecule has 2 fully saturated rings. The van der Waals surface area contributed by atoms with E-state index in [2.05, 4.69) is 15.6 Å². The molecule has 0 radical (unpaired) electrons. The Kier molecular flexibility index (Phi) is 3.51. The van der Waals surface area contributed by atoms with Gasteiger partial charge in [0.2, 0.25) is 5.91 Å². The van der Waals surface area contributed by atoms with E-state index in [4.69, 9.17) is 0 Å². The maximum atomic E-state index is 11.0. The highest BCUT2D eigenvalue weighted by Crippen LogP contribution is 2.32. The third-order valence-corrected chi connectivity index (χ3v) is 4.16. The zero-order valence-corrected chi connectivity index (χ0v) is 9.77. The summed E-state index contributed by atoms with van der Waals surface area (Å²) in [5, 5.41) is 6.94. The van der Waals surface area contributed by atoms with Crippen LogP contribution in [-0.4, -0.2) is 36.5 Å². The fourth-order valence-electron chi connectivity index (χ4n) is 2.13. The van der Waals surface area contributed by atoms with Gasteiger partial charge in [0.1, 0.15) is 6.54 Å². The molecular weight excluding hydrogens is 210 g/mol. The highest BCUT2D eigenvalue weighted by Gasteiger charge is 2.31. The van der Waals surface area contributed by atoms with Gasteiger partial charge >= 0.3 is 0 Å². The van der Waals surface area contributed by atoms with Crippen molar-refractivity contribution in [1.29, 1.82) is 0 Å². The Morgan fingerprint density at radius 2 is 2.53 bits per heavy atom. The number of thioether (sulfide) groups is 1. The molecule has 0 aromatic carbocycles. The predicted octanol–water partition coefficient (Wildman–Crippen LogP) is 0.593. The van der Waals surface area contributed by atoms with Crippen molar-refractivity contribution >= 4 is 22.8 Å². The molecule has 2 unspecified atom stereocenters. The fourth-order valence-corrected chi connectivity index (χ4v) is 3.29. The van der Waals surface area contributed by atoms with Crippen molar-refractivity contribution < 1.29 is 4.79 Å². The third kappa shape index (κ3) is 2.65. The minimum atomic E-state index is -0.0292. The molecule has 5 heteroatoms. The molecule has 2 aliphatic rings. The first-order valence-corrected chi connectivity index (χ1v) is 6.42. The van der Waals surface area contributed by atoms with E-state index in [-0.39, 0.29) is 12.5 Å². The molecule has 1 heterocycles. The molecule has 4 nitrogen and oxygen atoms in total. The van der Waals surface area contributed by atoms with E-state index >= 15 is 0 Å². The predicted molar refractivity (Wildman–Crippen MR) is 63.1 cm³/mol. The normalized spacial score (nSPS) is 32.2. The molecule has 1 aliphatic carbocycles. The first-order valence-electron chi connectivity index (χ1n) is 5.44. The molecule has 0 aromatic rings. The second kappa shape index (κ2) is 4.88. The molecular formula is C10H17N3OS. The molecule has 2 atom stereocenters. The standard InChI is InChI=1S/C10H17N3OS/c1-11-9(14)5-12-10-13-8-4-2-3-7(8)6-15-10/h7-8H,2-6H2,1H3,(H,11,14)(H,12,13). The monoisotopic (exact) mass is 227 g/mol. The number of aliphatic imine (C=N–C) groups is 1. The first kappa shape index (κ1) is 10.8. The van der Waals surface area contributed by atoms with E-state index in [0.717, 1.165) is 16.8 Å². The molecule has 0 spiro atoms. The molecule has 1 saturated carbocycles. The summed E-state index contributed by atoms with van der Waals surface area (Å²) >= 11 is 1.75. The smallest absolute Gasteiger partial charge is 0.241 e. The lowest BCUT2D eigenvalue weighted by atomic mass is 10.1. The minimum absolute atomic E-state index is 0.0292. The van der Waals surface area contributed by atoms with Crippen LogP contribution in [0.3, 0.4) is 0 Å². The molecule has 2 N–H and O–H groups in total. The number of nitrogens with one attached hydrogen (secondary N) is 2. The fraction of sp³-hybridized carbons (Fsp3) is 0.800. The lowest BCUT2D eigenvalue weighted by Gasteiger charge is -2.27. The second-order valence-electron chi connectivity index (χ2n) is 4.05. The number of likely N-dealkylation sites (N-methyl/N-ethyl adjacent to an activating group) is 1. The summed E-state index contributed by atoms with van der Waals surface area (Å²) < 4.78 is 0. The van der Waals surface area contributed by atoms with Gasteiger partial charge < -0.3 is 10.6 Å². The van der Waals surface area contributed by atoms with Crippen molar-refractivity contribution in [2.75, 3.05) is 19.3 Å². The van der Waals surface area contributed by atoms with E-state index in [9.17, 15) is 4.79 Å². The summed E-state index contributed by atoms with van der Waals surface area (Å²) in [5.41, 5.74) is 0. The van der Waals surface area contributed by atoms with Crippen molar-refractivity contribution in [3.63, 3.8) is 0 Å². The third-order valence-electron chi connectivity index (χ3n) is 3.05. The maximum Gasteiger partial charge on any atom is 0.241 e. The summed E-state index contributed by atoms with van der Waals surface area (Å²) in [5.74, 6) is 1.94. The SMILES string of the molecule is CNC(=O)CN=C1NC2CCCC2CS1. The Balaban J connectivity index is 1.86. The van der Waals surface area contributed by atoms with Gasteiger partial charge in [-0.2, -0.15) is 0 Å². The zero-order valence-electron chi connectivity index (χ0n) is 8.95. The van der Waals surface area contributed by atoms with Crippen LogP contribution in [0.15, 0.2) is 4.99 Å². The van der Waals surface area contributed by atoms with Gasteiger partial charge in [0.25, 0.3) is 0 Å². The lowest BCUT2D eigenvalue weighted by Crippen LogP contribution is -2.42. The number of amidine groups is 1. The van der Waals surface area contributed by atoms with Crippen LogP contribution >= 0.6 is 11.8 Å². The van der Waals surface area contributed by atoms with Gasteiger partial charge in [-0.1, -0.05) is 18.2 Å². The second-order valence-corrected chi connectivity index (χ2v) is 5.06. The number of hydrogen-bond acceptors (Lipinski definition) is 3. The van der Waals surface area contributed by atoms with Crippen molar-refractivity contribution in [2.24, 2.45) is 10.9 Å². The van der Waals surface area contributed by atoms with Crippen molar-refractivity contribution in [3.05, 3.63) is 0 Å². The van der Waals surface area contributed by atoms with Gasteiger partial charge in [0, 0.05) is 18.8 Å². The van der Waals surface area contributed by atoms with Crippen LogP contribution in [0.1, 0.15) is 19.3 Å². The lowest BCUT2D eigenvalue weighted by molar-refractivity contribution is -0.119. The zero-order chi connectivity index (χ0) is 10.7. The average molecular weight is 227 g/mol. The summed E-state index contributed by atoms with van der Waals surface area (Å²) in [7, 11) is 1.64. The van der Waals surface area contributed by atoms with E-state index < -0.39 is 0 Å². The van der Waals surface area contributed by atoms with Crippen molar-refractivity contribution in [3.8, 4) is 0 Å².